The van der Waals surface area contributed by atoms with Crippen molar-refractivity contribution >= 4 is 28.4 Å². The SMILES string of the molecule is CNc1cc(-c2cn(C3COC3)c3ncccc23)nc2c(C(N)=O)cnn12. The fraction of sp³-hybridized carbons (Fsp3) is 0.222. The Labute approximate surface area is 153 Å². The van der Waals surface area contributed by atoms with E-state index in [1.54, 1.807) is 17.8 Å². The lowest BCUT2D eigenvalue weighted by atomic mass is 10.1. The molecular weight excluding hydrogens is 346 g/mol. The van der Waals surface area contributed by atoms with Crippen molar-refractivity contribution in [3.05, 3.63) is 42.4 Å². The van der Waals surface area contributed by atoms with Crippen LogP contribution in [-0.2, 0) is 4.74 Å². The summed E-state index contributed by atoms with van der Waals surface area (Å²) >= 11 is 0. The Kier molecular flexibility index (Phi) is 3.37. The molecule has 4 aromatic heterocycles. The van der Waals surface area contributed by atoms with Gasteiger partial charge in [-0.25, -0.2) is 9.97 Å². The standard InChI is InChI=1S/C18H17N7O2/c1-20-15-5-14(23-18-12(16(19)26)6-22-25(15)18)13-7-24(10-8-27-9-10)17-11(13)3-2-4-21-17/h2-7,10,20H,8-9H2,1H3,(H2,19,26). The molecular formula is C18H17N7O2. The molecule has 9 heteroatoms. The average molecular weight is 363 g/mol. The molecule has 0 radical (unpaired) electrons. The van der Waals surface area contributed by atoms with Crippen LogP contribution >= 0.6 is 0 Å². The molecule has 1 saturated heterocycles. The van der Waals surface area contributed by atoms with Gasteiger partial charge in [0.15, 0.2) is 5.65 Å². The molecule has 1 aliphatic heterocycles. The van der Waals surface area contributed by atoms with Gasteiger partial charge in [0.25, 0.3) is 5.91 Å². The third-order valence-corrected chi connectivity index (χ3v) is 4.87. The van der Waals surface area contributed by atoms with Crippen molar-refractivity contribution in [1.29, 1.82) is 0 Å². The molecule has 1 amide bonds. The number of pyridine rings is 1. The van der Waals surface area contributed by atoms with E-state index in [-0.39, 0.29) is 11.6 Å². The van der Waals surface area contributed by atoms with E-state index in [0.29, 0.717) is 30.4 Å². The highest BCUT2D eigenvalue weighted by Crippen LogP contribution is 2.33. The number of fused-ring (bicyclic) bond motifs is 2. The second kappa shape index (κ2) is 5.78. The fourth-order valence-electron chi connectivity index (χ4n) is 3.40. The van der Waals surface area contributed by atoms with Gasteiger partial charge in [0.05, 0.1) is 31.1 Å². The lowest BCUT2D eigenvalue weighted by Crippen LogP contribution is -2.30. The quantitative estimate of drug-likeness (QED) is 0.568. The van der Waals surface area contributed by atoms with Crippen molar-refractivity contribution in [2.45, 2.75) is 6.04 Å². The van der Waals surface area contributed by atoms with Crippen molar-refractivity contribution in [2.75, 3.05) is 25.6 Å². The maximum absolute atomic E-state index is 11.8. The van der Waals surface area contributed by atoms with Crippen LogP contribution in [0.4, 0.5) is 5.82 Å². The van der Waals surface area contributed by atoms with Gasteiger partial charge >= 0.3 is 0 Å². The van der Waals surface area contributed by atoms with Gasteiger partial charge in [-0.05, 0) is 12.1 Å². The first-order valence-electron chi connectivity index (χ1n) is 8.57. The molecule has 0 saturated carbocycles. The first-order chi connectivity index (χ1) is 13.2. The summed E-state index contributed by atoms with van der Waals surface area (Å²) in [6, 6.07) is 6.08. The van der Waals surface area contributed by atoms with Gasteiger partial charge in [-0.15, -0.1) is 0 Å². The highest BCUT2D eigenvalue weighted by Gasteiger charge is 2.25. The molecule has 0 unspecified atom stereocenters. The Morgan fingerprint density at radius 3 is 2.93 bits per heavy atom. The van der Waals surface area contributed by atoms with E-state index in [1.807, 2.05) is 24.4 Å². The highest BCUT2D eigenvalue weighted by atomic mass is 16.5. The number of rotatable bonds is 4. The number of carbonyl (C=O) groups excluding carboxylic acids is 1. The number of ether oxygens (including phenoxy) is 1. The normalized spacial score (nSPS) is 14.6. The molecule has 1 fully saturated rings. The molecule has 4 aromatic rings. The van der Waals surface area contributed by atoms with E-state index >= 15 is 0 Å². The first kappa shape index (κ1) is 15.8. The van der Waals surface area contributed by atoms with E-state index in [9.17, 15) is 4.79 Å². The number of amides is 1. The maximum atomic E-state index is 11.8. The molecule has 0 bridgehead atoms. The monoisotopic (exact) mass is 363 g/mol. The summed E-state index contributed by atoms with van der Waals surface area (Å²) in [5.74, 6) is 0.145. The van der Waals surface area contributed by atoms with Gasteiger partial charge in [-0.1, -0.05) is 0 Å². The summed E-state index contributed by atoms with van der Waals surface area (Å²) in [5.41, 5.74) is 8.71. The molecule has 0 aliphatic carbocycles. The molecule has 9 nitrogen and oxygen atoms in total. The molecule has 0 atom stereocenters. The number of primary amides is 1. The van der Waals surface area contributed by atoms with Gasteiger partial charge in [0.2, 0.25) is 0 Å². The van der Waals surface area contributed by atoms with E-state index in [1.165, 1.54) is 6.20 Å². The molecule has 136 valence electrons. The van der Waals surface area contributed by atoms with E-state index < -0.39 is 5.91 Å². The number of nitrogens with zero attached hydrogens (tertiary/aromatic N) is 5. The van der Waals surface area contributed by atoms with Gasteiger partial charge in [0.1, 0.15) is 17.0 Å². The number of carbonyl (C=O) groups is 1. The smallest absolute Gasteiger partial charge is 0.254 e. The molecule has 1 aliphatic rings. The van der Waals surface area contributed by atoms with E-state index in [4.69, 9.17) is 10.5 Å². The molecule has 3 N–H and O–H groups in total. The summed E-state index contributed by atoms with van der Waals surface area (Å²) in [4.78, 5) is 21.0. The van der Waals surface area contributed by atoms with Crippen molar-refractivity contribution in [3.63, 3.8) is 0 Å². The lowest BCUT2D eigenvalue weighted by molar-refractivity contribution is -0.0215. The zero-order valence-corrected chi connectivity index (χ0v) is 14.6. The summed E-state index contributed by atoms with van der Waals surface area (Å²) in [5, 5.41) is 8.31. The maximum Gasteiger partial charge on any atom is 0.254 e. The molecule has 0 spiro atoms. The molecule has 27 heavy (non-hydrogen) atoms. The van der Waals surface area contributed by atoms with Crippen molar-refractivity contribution in [3.8, 4) is 11.3 Å². The van der Waals surface area contributed by atoms with Crippen LogP contribution in [0.5, 0.6) is 0 Å². The number of hydrogen-bond acceptors (Lipinski definition) is 6. The third-order valence-electron chi connectivity index (χ3n) is 4.87. The van der Waals surface area contributed by atoms with Gasteiger partial charge in [-0.3, -0.25) is 4.79 Å². The number of nitrogens with two attached hydrogens (primary N) is 1. The minimum absolute atomic E-state index is 0.264. The van der Waals surface area contributed by atoms with Gasteiger partial charge in [0, 0.05) is 36.5 Å². The number of hydrogen-bond donors (Lipinski definition) is 2. The van der Waals surface area contributed by atoms with Crippen LogP contribution in [0.1, 0.15) is 16.4 Å². The predicted octanol–water partition coefficient (Wildman–Crippen LogP) is 1.46. The number of anilines is 1. The second-order valence-electron chi connectivity index (χ2n) is 6.45. The average Bonchev–Trinajstić information content (AvgIpc) is 3.22. The summed E-state index contributed by atoms with van der Waals surface area (Å²) < 4.78 is 9.04. The highest BCUT2D eigenvalue weighted by molar-refractivity contribution is 6.00. The lowest BCUT2D eigenvalue weighted by Gasteiger charge is -2.27. The Morgan fingerprint density at radius 2 is 2.22 bits per heavy atom. The van der Waals surface area contributed by atoms with Crippen LogP contribution < -0.4 is 11.1 Å². The van der Waals surface area contributed by atoms with E-state index in [2.05, 4.69) is 25.0 Å². The van der Waals surface area contributed by atoms with Crippen molar-refractivity contribution < 1.29 is 9.53 Å². The Bertz CT molecular complexity index is 1190. The molecule has 5 rings (SSSR count). The summed E-state index contributed by atoms with van der Waals surface area (Å²) in [7, 11) is 1.79. The number of aromatic nitrogens is 5. The summed E-state index contributed by atoms with van der Waals surface area (Å²) in [6.45, 7) is 1.34. The van der Waals surface area contributed by atoms with Crippen LogP contribution in [0.2, 0.25) is 0 Å². The Morgan fingerprint density at radius 1 is 1.37 bits per heavy atom. The Balaban J connectivity index is 1.78. The van der Waals surface area contributed by atoms with E-state index in [0.717, 1.165) is 16.6 Å². The van der Waals surface area contributed by atoms with Crippen molar-refractivity contribution in [1.82, 2.24) is 24.1 Å². The first-order valence-corrected chi connectivity index (χ1v) is 8.57. The van der Waals surface area contributed by atoms with Gasteiger partial charge < -0.3 is 20.4 Å². The third kappa shape index (κ3) is 2.28. The molecule has 5 heterocycles. The van der Waals surface area contributed by atoms with Crippen LogP contribution in [0.3, 0.4) is 0 Å². The summed E-state index contributed by atoms with van der Waals surface area (Å²) in [6.07, 6.45) is 5.26. The minimum atomic E-state index is -0.563. The van der Waals surface area contributed by atoms with Gasteiger partial charge in [-0.2, -0.15) is 9.61 Å². The topological polar surface area (TPSA) is 112 Å². The Hall–Kier alpha value is -3.46. The second-order valence-corrected chi connectivity index (χ2v) is 6.45. The molecule has 0 aromatic carbocycles. The minimum Gasteiger partial charge on any atom is -0.377 e. The zero-order valence-electron chi connectivity index (χ0n) is 14.6. The zero-order chi connectivity index (χ0) is 18.5. The van der Waals surface area contributed by atoms with Crippen LogP contribution in [-0.4, -0.2) is 50.3 Å². The van der Waals surface area contributed by atoms with Crippen LogP contribution in [0, 0.1) is 0 Å². The fourth-order valence-corrected chi connectivity index (χ4v) is 3.40. The van der Waals surface area contributed by atoms with Crippen LogP contribution in [0.15, 0.2) is 36.8 Å². The largest absolute Gasteiger partial charge is 0.377 e. The van der Waals surface area contributed by atoms with Crippen LogP contribution in [0.25, 0.3) is 27.9 Å². The number of nitrogens with one attached hydrogen (secondary N) is 1. The van der Waals surface area contributed by atoms with Crippen molar-refractivity contribution in [2.24, 2.45) is 5.73 Å². The predicted molar refractivity (Wildman–Crippen MR) is 99.6 cm³/mol.